The molecule has 4 nitrogen and oxygen atoms in total. The van der Waals surface area contributed by atoms with Crippen molar-refractivity contribution in [1.82, 2.24) is 10.3 Å². The molecule has 2 heterocycles. The van der Waals surface area contributed by atoms with Crippen molar-refractivity contribution in [3.05, 3.63) is 23.9 Å². The van der Waals surface area contributed by atoms with Crippen molar-refractivity contribution in [1.29, 1.82) is 5.26 Å². The first-order valence-corrected chi connectivity index (χ1v) is 5.59. The van der Waals surface area contributed by atoms with Crippen LogP contribution in [0.25, 0.3) is 0 Å². The van der Waals surface area contributed by atoms with Crippen LogP contribution in [-0.2, 0) is 0 Å². The maximum atomic E-state index is 8.68. The molecule has 84 valence electrons. The molecule has 1 unspecified atom stereocenters. The lowest BCUT2D eigenvalue weighted by atomic mass is 10.1. The second-order valence-electron chi connectivity index (χ2n) is 3.97. The predicted molar refractivity (Wildman–Crippen MR) is 60.0 cm³/mol. The van der Waals surface area contributed by atoms with E-state index in [9.17, 15) is 0 Å². The fourth-order valence-electron chi connectivity index (χ4n) is 1.85. The molecule has 1 aliphatic rings. The Balaban J connectivity index is 1.78. The number of nitriles is 1. The number of aromatic nitrogens is 1. The average Bonchev–Trinajstić information content (AvgIpc) is 2.82. The fraction of sp³-hybridized carbons (Fsp3) is 0.500. The average molecular weight is 217 g/mol. The topological polar surface area (TPSA) is 57.9 Å². The Bertz CT molecular complexity index is 380. The van der Waals surface area contributed by atoms with Crippen LogP contribution in [0.1, 0.15) is 18.5 Å². The molecular weight excluding hydrogens is 202 g/mol. The van der Waals surface area contributed by atoms with Crippen molar-refractivity contribution in [2.24, 2.45) is 5.92 Å². The first kappa shape index (κ1) is 10.9. The minimum Gasteiger partial charge on any atom is -0.478 e. The Morgan fingerprint density at radius 1 is 1.56 bits per heavy atom. The first-order valence-electron chi connectivity index (χ1n) is 5.59. The van der Waals surface area contributed by atoms with E-state index in [1.165, 1.54) is 6.42 Å². The van der Waals surface area contributed by atoms with Gasteiger partial charge in [0.2, 0.25) is 5.88 Å². The second kappa shape index (κ2) is 5.47. The molecule has 1 aliphatic heterocycles. The highest BCUT2D eigenvalue weighted by Gasteiger charge is 2.13. The van der Waals surface area contributed by atoms with E-state index in [2.05, 4.69) is 10.3 Å². The summed E-state index contributed by atoms with van der Waals surface area (Å²) in [4.78, 5) is 4.06. The number of ether oxygens (including phenoxy) is 1. The molecule has 0 saturated carbocycles. The monoisotopic (exact) mass is 217 g/mol. The molecule has 0 aromatic carbocycles. The maximum absolute atomic E-state index is 8.68. The molecule has 1 saturated heterocycles. The van der Waals surface area contributed by atoms with E-state index in [1.54, 1.807) is 18.2 Å². The lowest BCUT2D eigenvalue weighted by molar-refractivity contribution is 0.274. The van der Waals surface area contributed by atoms with E-state index in [-0.39, 0.29) is 0 Å². The number of nitrogens with one attached hydrogen (secondary N) is 1. The van der Waals surface area contributed by atoms with E-state index < -0.39 is 0 Å². The van der Waals surface area contributed by atoms with E-state index in [4.69, 9.17) is 10.00 Å². The van der Waals surface area contributed by atoms with Crippen LogP contribution in [0.15, 0.2) is 18.2 Å². The zero-order chi connectivity index (χ0) is 11.2. The van der Waals surface area contributed by atoms with Crippen LogP contribution in [-0.4, -0.2) is 24.7 Å². The van der Waals surface area contributed by atoms with Crippen LogP contribution < -0.4 is 10.1 Å². The first-order chi connectivity index (χ1) is 7.88. The van der Waals surface area contributed by atoms with E-state index in [1.807, 2.05) is 6.07 Å². The van der Waals surface area contributed by atoms with Gasteiger partial charge in [-0.1, -0.05) is 6.07 Å². The largest absolute Gasteiger partial charge is 0.478 e. The Hall–Kier alpha value is -1.60. The summed E-state index contributed by atoms with van der Waals surface area (Å²) >= 11 is 0. The summed E-state index contributed by atoms with van der Waals surface area (Å²) in [5.41, 5.74) is 0.403. The molecule has 0 bridgehead atoms. The molecule has 1 aromatic rings. The summed E-state index contributed by atoms with van der Waals surface area (Å²) in [7, 11) is 0. The van der Waals surface area contributed by atoms with Crippen LogP contribution in [0.3, 0.4) is 0 Å². The summed E-state index contributed by atoms with van der Waals surface area (Å²) in [5, 5.41) is 12.0. The highest BCUT2D eigenvalue weighted by molar-refractivity contribution is 5.24. The van der Waals surface area contributed by atoms with Crippen LogP contribution >= 0.6 is 0 Å². The van der Waals surface area contributed by atoms with Gasteiger partial charge < -0.3 is 10.1 Å². The molecule has 2 rings (SSSR count). The minimum absolute atomic E-state index is 0.403. The summed E-state index contributed by atoms with van der Waals surface area (Å²) in [5.74, 6) is 1.27. The van der Waals surface area contributed by atoms with Crippen LogP contribution in [0.4, 0.5) is 0 Å². The van der Waals surface area contributed by atoms with Crippen LogP contribution in [0.2, 0.25) is 0 Å². The van der Waals surface area contributed by atoms with Gasteiger partial charge in [0.05, 0.1) is 6.61 Å². The Kier molecular flexibility index (Phi) is 3.73. The summed E-state index contributed by atoms with van der Waals surface area (Å²) in [6.07, 6.45) is 2.28. The number of hydrogen-bond donors (Lipinski definition) is 1. The molecule has 1 atom stereocenters. The van der Waals surface area contributed by atoms with Gasteiger partial charge in [0.25, 0.3) is 0 Å². The summed E-state index contributed by atoms with van der Waals surface area (Å²) in [6.45, 7) is 2.89. The lowest BCUT2D eigenvalue weighted by Gasteiger charge is -2.09. The van der Waals surface area contributed by atoms with Gasteiger partial charge in [0, 0.05) is 6.07 Å². The number of rotatable bonds is 4. The molecule has 0 aliphatic carbocycles. The molecule has 1 N–H and O–H groups in total. The maximum Gasteiger partial charge on any atom is 0.214 e. The molecule has 0 amide bonds. The Morgan fingerprint density at radius 2 is 2.50 bits per heavy atom. The van der Waals surface area contributed by atoms with Crippen LogP contribution in [0.5, 0.6) is 5.88 Å². The smallest absolute Gasteiger partial charge is 0.214 e. The van der Waals surface area contributed by atoms with Crippen molar-refractivity contribution in [2.75, 3.05) is 19.7 Å². The standard InChI is InChI=1S/C12H15N3O/c13-8-11-2-1-3-12(15-11)16-7-5-10-4-6-14-9-10/h1-3,10,14H,4-7,9H2. The quantitative estimate of drug-likeness (QED) is 0.826. The molecule has 1 aromatic heterocycles. The van der Waals surface area contributed by atoms with Crippen molar-refractivity contribution in [3.63, 3.8) is 0 Å². The summed E-state index contributed by atoms with van der Waals surface area (Å²) in [6, 6.07) is 7.25. The SMILES string of the molecule is N#Cc1cccc(OCCC2CCNC2)n1. The molecule has 1 fully saturated rings. The predicted octanol–water partition coefficient (Wildman–Crippen LogP) is 1.33. The third kappa shape index (κ3) is 2.94. The van der Waals surface area contributed by atoms with Crippen molar-refractivity contribution in [2.45, 2.75) is 12.8 Å². The molecule has 0 radical (unpaired) electrons. The van der Waals surface area contributed by atoms with Crippen LogP contribution in [0, 0.1) is 17.2 Å². The van der Waals surface area contributed by atoms with Gasteiger partial charge in [-0.2, -0.15) is 5.26 Å². The highest BCUT2D eigenvalue weighted by Crippen LogP contribution is 2.13. The van der Waals surface area contributed by atoms with Crippen molar-refractivity contribution < 1.29 is 4.74 Å². The van der Waals surface area contributed by atoms with E-state index in [0.29, 0.717) is 18.2 Å². The third-order valence-electron chi connectivity index (χ3n) is 2.78. The minimum atomic E-state index is 0.403. The molecule has 4 heteroatoms. The van der Waals surface area contributed by atoms with Gasteiger partial charge in [-0.05, 0) is 37.9 Å². The van der Waals surface area contributed by atoms with Crippen molar-refractivity contribution in [3.8, 4) is 11.9 Å². The van der Waals surface area contributed by atoms with Gasteiger partial charge in [-0.25, -0.2) is 4.98 Å². The van der Waals surface area contributed by atoms with Gasteiger partial charge in [-0.15, -0.1) is 0 Å². The number of hydrogen-bond acceptors (Lipinski definition) is 4. The highest BCUT2D eigenvalue weighted by atomic mass is 16.5. The fourth-order valence-corrected chi connectivity index (χ4v) is 1.85. The third-order valence-corrected chi connectivity index (χ3v) is 2.78. The molecule has 0 spiro atoms. The normalized spacial score (nSPS) is 19.3. The summed E-state index contributed by atoms with van der Waals surface area (Å²) < 4.78 is 5.52. The second-order valence-corrected chi connectivity index (χ2v) is 3.97. The number of pyridine rings is 1. The van der Waals surface area contributed by atoms with Gasteiger partial charge in [-0.3, -0.25) is 0 Å². The molecular formula is C12H15N3O. The number of nitrogens with zero attached hydrogens (tertiary/aromatic N) is 2. The van der Waals surface area contributed by atoms with Gasteiger partial charge in [0.1, 0.15) is 11.8 Å². The zero-order valence-electron chi connectivity index (χ0n) is 9.15. The van der Waals surface area contributed by atoms with Gasteiger partial charge in [0.15, 0.2) is 0 Å². The Morgan fingerprint density at radius 3 is 3.25 bits per heavy atom. The van der Waals surface area contributed by atoms with E-state index in [0.717, 1.165) is 25.4 Å². The van der Waals surface area contributed by atoms with Gasteiger partial charge >= 0.3 is 0 Å². The van der Waals surface area contributed by atoms with Crippen molar-refractivity contribution >= 4 is 0 Å². The molecule has 16 heavy (non-hydrogen) atoms. The van der Waals surface area contributed by atoms with E-state index >= 15 is 0 Å². The zero-order valence-corrected chi connectivity index (χ0v) is 9.15. The Labute approximate surface area is 95.3 Å². The lowest BCUT2D eigenvalue weighted by Crippen LogP contribution is -2.12.